The van der Waals surface area contributed by atoms with Gasteiger partial charge in [-0.1, -0.05) is 0 Å². The average Bonchev–Trinajstić information content (AvgIpc) is 1.97. The summed E-state index contributed by atoms with van der Waals surface area (Å²) in [5.74, 6) is 0. The molecule has 0 aromatic heterocycles. The molecule has 0 radical (unpaired) electrons. The number of rotatable bonds is 0. The van der Waals surface area contributed by atoms with Gasteiger partial charge in [-0.15, -0.1) is 0 Å². The minimum Gasteiger partial charge on any atom is -0.390 e. The van der Waals surface area contributed by atoms with Crippen LogP contribution in [0.2, 0.25) is 0 Å². The molecule has 2 atom stereocenters. The highest BCUT2D eigenvalue weighted by Gasteiger charge is 2.10. The molecule has 0 aliphatic carbocycles. The zero-order chi connectivity index (χ0) is 6.69. The summed E-state index contributed by atoms with van der Waals surface area (Å²) in [6.45, 7) is 4.49. The van der Waals surface area contributed by atoms with Crippen LogP contribution in [0.4, 0.5) is 0 Å². The molecule has 0 amide bonds. The lowest BCUT2D eigenvalue weighted by molar-refractivity contribution is 0.178. The van der Waals surface area contributed by atoms with Crippen LogP contribution in [0.5, 0.6) is 0 Å². The lowest BCUT2D eigenvalue weighted by Crippen LogP contribution is -2.32. The summed E-state index contributed by atoms with van der Waals surface area (Å²) in [4.78, 5) is 0. The smallest absolute Gasteiger partial charge is 0.0788 e. The monoisotopic (exact) mass is 130 g/mol. The van der Waals surface area contributed by atoms with Crippen LogP contribution in [0.3, 0.4) is 0 Å². The van der Waals surface area contributed by atoms with E-state index in [0.29, 0.717) is 12.6 Å². The van der Waals surface area contributed by atoms with E-state index >= 15 is 0 Å². The maximum atomic E-state index is 9.08. The predicted octanol–water partition coefficient (Wildman–Crippen LogP) is -1.07. The Labute approximate surface area is 55.5 Å². The van der Waals surface area contributed by atoms with Crippen LogP contribution in [-0.2, 0) is 0 Å². The molecular formula is C6H14N2O. The number of aliphatic hydroxyl groups excluding tert-OH is 1. The highest BCUT2D eigenvalue weighted by Crippen LogP contribution is 1.87. The first kappa shape index (κ1) is 6.99. The molecule has 0 saturated carbocycles. The minimum absolute atomic E-state index is 0.213. The third kappa shape index (κ3) is 2.30. The second-order valence-electron chi connectivity index (χ2n) is 2.62. The van der Waals surface area contributed by atoms with Crippen molar-refractivity contribution in [3.63, 3.8) is 0 Å². The molecule has 3 nitrogen and oxygen atoms in total. The number of hydrogen-bond acceptors (Lipinski definition) is 3. The van der Waals surface area contributed by atoms with Gasteiger partial charge in [-0.05, 0) is 6.92 Å². The second-order valence-corrected chi connectivity index (χ2v) is 2.62. The summed E-state index contributed by atoms with van der Waals surface area (Å²) in [6, 6.07) is 0.488. The molecule has 3 N–H and O–H groups in total. The molecule has 54 valence electrons. The first-order chi connectivity index (χ1) is 4.29. The van der Waals surface area contributed by atoms with E-state index in [1.54, 1.807) is 0 Å². The Hall–Kier alpha value is -0.120. The van der Waals surface area contributed by atoms with E-state index in [1.165, 1.54) is 0 Å². The highest BCUT2D eigenvalue weighted by molar-refractivity contribution is 4.73. The molecule has 3 heteroatoms. The Morgan fingerprint density at radius 3 is 2.89 bits per heavy atom. The quantitative estimate of drug-likeness (QED) is 0.391. The summed E-state index contributed by atoms with van der Waals surface area (Å²) < 4.78 is 0. The van der Waals surface area contributed by atoms with Crippen molar-refractivity contribution in [2.24, 2.45) is 0 Å². The predicted molar refractivity (Wildman–Crippen MR) is 36.3 cm³/mol. The van der Waals surface area contributed by atoms with Crippen molar-refractivity contribution in [1.29, 1.82) is 0 Å². The normalized spacial score (nSPS) is 38.0. The summed E-state index contributed by atoms with van der Waals surface area (Å²) in [5, 5.41) is 15.4. The lowest BCUT2D eigenvalue weighted by atomic mass is 10.3. The molecule has 1 heterocycles. The van der Waals surface area contributed by atoms with Crippen molar-refractivity contribution in [3.8, 4) is 0 Å². The fraction of sp³-hybridized carbons (Fsp3) is 1.00. The standard InChI is InChI=1S/C6H14N2O/c1-5-2-7-3-6(9)4-8-5/h5-9H,2-4H2,1H3/t5-,6?/m1/s1. The maximum absolute atomic E-state index is 9.08. The first-order valence-corrected chi connectivity index (χ1v) is 3.41. The fourth-order valence-electron chi connectivity index (χ4n) is 0.948. The zero-order valence-electron chi connectivity index (χ0n) is 5.72. The van der Waals surface area contributed by atoms with E-state index in [0.717, 1.165) is 13.1 Å². The molecule has 0 aromatic rings. The Kier molecular flexibility index (Phi) is 2.45. The van der Waals surface area contributed by atoms with Crippen LogP contribution >= 0.6 is 0 Å². The third-order valence-corrected chi connectivity index (χ3v) is 1.53. The van der Waals surface area contributed by atoms with Gasteiger partial charge in [-0.2, -0.15) is 0 Å². The minimum atomic E-state index is -0.213. The Bertz CT molecular complexity index is 77.1. The highest BCUT2D eigenvalue weighted by atomic mass is 16.3. The van der Waals surface area contributed by atoms with Crippen molar-refractivity contribution in [3.05, 3.63) is 0 Å². The first-order valence-electron chi connectivity index (χ1n) is 3.41. The summed E-state index contributed by atoms with van der Waals surface area (Å²) in [6.07, 6.45) is -0.213. The Morgan fingerprint density at radius 2 is 2.11 bits per heavy atom. The van der Waals surface area contributed by atoms with E-state index < -0.39 is 0 Å². The van der Waals surface area contributed by atoms with Crippen LogP contribution in [0, 0.1) is 0 Å². The van der Waals surface area contributed by atoms with E-state index in [4.69, 9.17) is 5.11 Å². The summed E-state index contributed by atoms with van der Waals surface area (Å²) in [7, 11) is 0. The molecule has 1 aliphatic rings. The van der Waals surface area contributed by atoms with Gasteiger partial charge in [0.15, 0.2) is 0 Å². The van der Waals surface area contributed by atoms with Gasteiger partial charge in [0, 0.05) is 25.7 Å². The van der Waals surface area contributed by atoms with Gasteiger partial charge in [0.2, 0.25) is 0 Å². The van der Waals surface area contributed by atoms with Crippen LogP contribution in [-0.4, -0.2) is 36.9 Å². The largest absolute Gasteiger partial charge is 0.390 e. The zero-order valence-corrected chi connectivity index (χ0v) is 5.72. The molecule has 1 rings (SSSR count). The lowest BCUT2D eigenvalue weighted by Gasteiger charge is -2.07. The van der Waals surface area contributed by atoms with Crippen molar-refractivity contribution >= 4 is 0 Å². The molecule has 9 heavy (non-hydrogen) atoms. The van der Waals surface area contributed by atoms with Crippen LogP contribution in [0.15, 0.2) is 0 Å². The molecule has 0 bridgehead atoms. The van der Waals surface area contributed by atoms with Crippen molar-refractivity contribution < 1.29 is 5.11 Å². The number of β-amino-alcohol motifs (C(OH)–C–C–N with tert-alkyl or cyclic N) is 1. The topological polar surface area (TPSA) is 44.3 Å². The molecule has 0 spiro atoms. The molecular weight excluding hydrogens is 116 g/mol. The van der Waals surface area contributed by atoms with Crippen LogP contribution < -0.4 is 10.6 Å². The van der Waals surface area contributed by atoms with Gasteiger partial charge in [0.05, 0.1) is 6.10 Å². The number of hydrogen-bond donors (Lipinski definition) is 3. The van der Waals surface area contributed by atoms with Crippen molar-refractivity contribution in [2.45, 2.75) is 19.1 Å². The third-order valence-electron chi connectivity index (χ3n) is 1.53. The molecule has 1 fully saturated rings. The van der Waals surface area contributed by atoms with Crippen molar-refractivity contribution in [1.82, 2.24) is 10.6 Å². The van der Waals surface area contributed by atoms with Crippen LogP contribution in [0.1, 0.15) is 6.92 Å². The van der Waals surface area contributed by atoms with Crippen molar-refractivity contribution in [2.75, 3.05) is 19.6 Å². The van der Waals surface area contributed by atoms with Gasteiger partial charge in [-0.3, -0.25) is 0 Å². The van der Waals surface area contributed by atoms with E-state index in [-0.39, 0.29) is 6.10 Å². The average molecular weight is 130 g/mol. The number of nitrogens with one attached hydrogen (secondary N) is 2. The summed E-state index contributed by atoms with van der Waals surface area (Å²) >= 11 is 0. The fourth-order valence-corrected chi connectivity index (χ4v) is 0.948. The van der Waals surface area contributed by atoms with E-state index in [1.807, 2.05) is 0 Å². The van der Waals surface area contributed by atoms with Gasteiger partial charge in [0.25, 0.3) is 0 Å². The van der Waals surface area contributed by atoms with Crippen LogP contribution in [0.25, 0.3) is 0 Å². The SMILES string of the molecule is C[C@@H]1CNCC(O)CN1. The van der Waals surface area contributed by atoms with E-state index in [9.17, 15) is 0 Å². The summed E-state index contributed by atoms with van der Waals surface area (Å²) in [5.41, 5.74) is 0. The second kappa shape index (κ2) is 3.15. The van der Waals surface area contributed by atoms with Gasteiger partial charge < -0.3 is 15.7 Å². The van der Waals surface area contributed by atoms with E-state index in [2.05, 4.69) is 17.6 Å². The van der Waals surface area contributed by atoms with Gasteiger partial charge in [0.1, 0.15) is 0 Å². The Balaban J connectivity index is 2.25. The Morgan fingerprint density at radius 1 is 1.33 bits per heavy atom. The molecule has 1 unspecified atom stereocenters. The van der Waals surface area contributed by atoms with Gasteiger partial charge >= 0.3 is 0 Å². The molecule has 1 aliphatic heterocycles. The van der Waals surface area contributed by atoms with Gasteiger partial charge in [-0.25, -0.2) is 0 Å². The molecule has 0 aromatic carbocycles. The number of aliphatic hydroxyl groups is 1. The maximum Gasteiger partial charge on any atom is 0.0788 e. The molecule has 1 saturated heterocycles.